The van der Waals surface area contributed by atoms with Crippen LogP contribution in [0.1, 0.15) is 18.1 Å². The van der Waals surface area contributed by atoms with Crippen molar-refractivity contribution in [3.05, 3.63) is 82.9 Å². The third-order valence-electron chi connectivity index (χ3n) is 5.36. The molecule has 3 aromatic carbocycles. The summed E-state index contributed by atoms with van der Waals surface area (Å²) in [6, 6.07) is 21.0. The van der Waals surface area contributed by atoms with Gasteiger partial charge in [0.1, 0.15) is 5.75 Å². The Morgan fingerprint density at radius 1 is 1.06 bits per heavy atom. The molecule has 8 heteroatoms. The van der Waals surface area contributed by atoms with Gasteiger partial charge in [-0.05, 0) is 68.8 Å². The molecule has 1 heterocycles. The van der Waals surface area contributed by atoms with Crippen molar-refractivity contribution in [1.82, 2.24) is 14.8 Å². The van der Waals surface area contributed by atoms with Gasteiger partial charge in [0, 0.05) is 16.4 Å². The minimum Gasteiger partial charge on any atom is -0.496 e. The molecule has 1 unspecified atom stereocenters. The predicted octanol–water partition coefficient (Wildman–Crippen LogP) is 6.33. The van der Waals surface area contributed by atoms with Crippen LogP contribution in [0.25, 0.3) is 17.1 Å². The van der Waals surface area contributed by atoms with Crippen molar-refractivity contribution >= 4 is 35.0 Å². The van der Waals surface area contributed by atoms with E-state index in [9.17, 15) is 4.79 Å². The molecule has 4 aromatic rings. The highest BCUT2D eigenvalue weighted by molar-refractivity contribution is 8.00. The molecule has 0 fully saturated rings. The van der Waals surface area contributed by atoms with E-state index in [-0.39, 0.29) is 5.91 Å². The van der Waals surface area contributed by atoms with Gasteiger partial charge in [0.15, 0.2) is 11.0 Å². The van der Waals surface area contributed by atoms with Gasteiger partial charge in [-0.3, -0.25) is 9.36 Å². The molecule has 0 aliphatic carbocycles. The van der Waals surface area contributed by atoms with E-state index in [0.29, 0.717) is 21.8 Å². The van der Waals surface area contributed by atoms with Gasteiger partial charge in [-0.15, -0.1) is 10.2 Å². The number of hydrogen-bond acceptors (Lipinski definition) is 5. The van der Waals surface area contributed by atoms with Gasteiger partial charge in [-0.25, -0.2) is 0 Å². The normalized spacial score (nSPS) is 11.8. The van der Waals surface area contributed by atoms with Crippen LogP contribution < -0.4 is 10.1 Å². The van der Waals surface area contributed by atoms with Crippen molar-refractivity contribution in [1.29, 1.82) is 0 Å². The Morgan fingerprint density at radius 3 is 2.50 bits per heavy atom. The molecule has 0 aliphatic heterocycles. The average Bonchev–Trinajstić information content (AvgIpc) is 3.24. The summed E-state index contributed by atoms with van der Waals surface area (Å²) < 4.78 is 7.47. The van der Waals surface area contributed by atoms with Crippen LogP contribution in [0.4, 0.5) is 5.69 Å². The molecule has 4 rings (SSSR count). The summed E-state index contributed by atoms with van der Waals surface area (Å²) in [5.74, 6) is 1.19. The second kappa shape index (κ2) is 10.3. The maximum atomic E-state index is 13.0. The SMILES string of the molecule is COc1ccccc1-c1nnc(SC(C)C(=O)Nc2ccc(C)cc2C)n1-c1ccc(Cl)cc1. The number of nitrogens with one attached hydrogen (secondary N) is 1. The lowest BCUT2D eigenvalue weighted by atomic mass is 10.1. The van der Waals surface area contributed by atoms with Crippen LogP contribution in [-0.2, 0) is 4.79 Å². The maximum absolute atomic E-state index is 13.0. The van der Waals surface area contributed by atoms with Gasteiger partial charge < -0.3 is 10.1 Å². The topological polar surface area (TPSA) is 69.0 Å². The quantitative estimate of drug-likeness (QED) is 0.305. The first-order chi connectivity index (χ1) is 16.4. The molecule has 1 atom stereocenters. The van der Waals surface area contributed by atoms with Gasteiger partial charge >= 0.3 is 0 Å². The van der Waals surface area contributed by atoms with Gasteiger partial charge in [0.05, 0.1) is 17.9 Å². The van der Waals surface area contributed by atoms with E-state index in [1.807, 2.05) is 92.1 Å². The summed E-state index contributed by atoms with van der Waals surface area (Å²) in [6.07, 6.45) is 0. The van der Waals surface area contributed by atoms with Crippen LogP contribution in [0.5, 0.6) is 5.75 Å². The Bertz CT molecular complexity index is 1320. The second-order valence-electron chi connectivity index (χ2n) is 7.89. The van der Waals surface area contributed by atoms with Crippen molar-refractivity contribution in [2.75, 3.05) is 12.4 Å². The number of aromatic nitrogens is 3. The van der Waals surface area contributed by atoms with Crippen LogP contribution in [0.2, 0.25) is 5.02 Å². The predicted molar refractivity (Wildman–Crippen MR) is 138 cm³/mol. The zero-order chi connectivity index (χ0) is 24.2. The first kappa shape index (κ1) is 23.9. The Hall–Kier alpha value is -3.29. The number of thioether (sulfide) groups is 1. The van der Waals surface area contributed by atoms with Gasteiger partial charge in [-0.2, -0.15) is 0 Å². The average molecular weight is 493 g/mol. The second-order valence-corrected chi connectivity index (χ2v) is 9.63. The van der Waals surface area contributed by atoms with E-state index in [2.05, 4.69) is 15.5 Å². The van der Waals surface area contributed by atoms with Gasteiger partial charge in [-0.1, -0.05) is 53.2 Å². The smallest absolute Gasteiger partial charge is 0.237 e. The number of hydrogen-bond donors (Lipinski definition) is 1. The number of methoxy groups -OCH3 is 1. The molecule has 0 spiro atoms. The fourth-order valence-corrected chi connectivity index (χ4v) is 4.57. The van der Waals surface area contributed by atoms with Crippen molar-refractivity contribution < 1.29 is 9.53 Å². The fourth-order valence-electron chi connectivity index (χ4n) is 3.57. The molecular formula is C26H25ClN4O2S. The van der Waals surface area contributed by atoms with Crippen molar-refractivity contribution in [3.63, 3.8) is 0 Å². The Balaban J connectivity index is 1.68. The highest BCUT2D eigenvalue weighted by Gasteiger charge is 2.23. The molecule has 1 N–H and O–H groups in total. The van der Waals surface area contributed by atoms with E-state index in [4.69, 9.17) is 16.3 Å². The first-order valence-corrected chi connectivity index (χ1v) is 12.0. The molecule has 0 saturated heterocycles. The number of nitrogens with zero attached hydrogens (tertiary/aromatic N) is 3. The summed E-state index contributed by atoms with van der Waals surface area (Å²) >= 11 is 7.46. The van der Waals surface area contributed by atoms with Crippen LogP contribution in [0, 0.1) is 13.8 Å². The van der Waals surface area contributed by atoms with Crippen LogP contribution in [0.15, 0.2) is 71.9 Å². The van der Waals surface area contributed by atoms with Crippen molar-refractivity contribution in [2.45, 2.75) is 31.2 Å². The summed E-state index contributed by atoms with van der Waals surface area (Å²) in [5.41, 5.74) is 4.61. The van der Waals surface area contributed by atoms with Gasteiger partial charge in [0.25, 0.3) is 0 Å². The zero-order valence-electron chi connectivity index (χ0n) is 19.4. The number of carbonyl (C=O) groups excluding carboxylic acids is 1. The van der Waals surface area contributed by atoms with Crippen molar-refractivity contribution in [2.24, 2.45) is 0 Å². The van der Waals surface area contributed by atoms with E-state index in [1.54, 1.807) is 7.11 Å². The molecule has 0 aliphatic rings. The number of carbonyl (C=O) groups is 1. The molecule has 1 aromatic heterocycles. The van der Waals surface area contributed by atoms with Crippen LogP contribution in [0.3, 0.4) is 0 Å². The third-order valence-corrected chi connectivity index (χ3v) is 6.65. The number of halogens is 1. The molecule has 1 amide bonds. The van der Waals surface area contributed by atoms with Gasteiger partial charge in [0.2, 0.25) is 5.91 Å². The summed E-state index contributed by atoms with van der Waals surface area (Å²) in [7, 11) is 1.62. The monoisotopic (exact) mass is 492 g/mol. The number of ether oxygens (including phenoxy) is 1. The molecule has 0 radical (unpaired) electrons. The fraction of sp³-hybridized carbons (Fsp3) is 0.192. The van der Waals surface area contributed by atoms with E-state index >= 15 is 0 Å². The Morgan fingerprint density at radius 2 is 1.79 bits per heavy atom. The lowest BCUT2D eigenvalue weighted by Crippen LogP contribution is -2.23. The van der Waals surface area contributed by atoms with E-state index in [0.717, 1.165) is 28.1 Å². The summed E-state index contributed by atoms with van der Waals surface area (Å²) in [5, 5.41) is 12.7. The minimum absolute atomic E-state index is 0.110. The minimum atomic E-state index is -0.415. The maximum Gasteiger partial charge on any atom is 0.237 e. The number of rotatable bonds is 7. The molecule has 0 saturated carbocycles. The zero-order valence-corrected chi connectivity index (χ0v) is 20.9. The number of aryl methyl sites for hydroxylation is 2. The largest absolute Gasteiger partial charge is 0.496 e. The molecule has 34 heavy (non-hydrogen) atoms. The third kappa shape index (κ3) is 5.11. The lowest BCUT2D eigenvalue weighted by Gasteiger charge is -2.16. The van der Waals surface area contributed by atoms with Crippen LogP contribution in [-0.4, -0.2) is 33.0 Å². The molecule has 6 nitrogen and oxygen atoms in total. The number of para-hydroxylation sites is 1. The standard InChI is InChI=1S/C26H25ClN4O2S/c1-16-9-14-22(17(2)15-16)28-25(32)18(3)34-26-30-29-24(21-7-5-6-8-23(21)33-4)31(26)20-12-10-19(27)11-13-20/h5-15,18H,1-4H3,(H,28,32). The number of anilines is 1. The number of benzene rings is 3. The van der Waals surface area contributed by atoms with Crippen LogP contribution >= 0.6 is 23.4 Å². The van der Waals surface area contributed by atoms with E-state index in [1.165, 1.54) is 11.8 Å². The lowest BCUT2D eigenvalue weighted by molar-refractivity contribution is -0.115. The molecule has 174 valence electrons. The van der Waals surface area contributed by atoms with Crippen molar-refractivity contribution in [3.8, 4) is 22.8 Å². The number of amides is 1. The Kier molecular flexibility index (Phi) is 7.24. The highest BCUT2D eigenvalue weighted by Crippen LogP contribution is 2.35. The van der Waals surface area contributed by atoms with E-state index < -0.39 is 5.25 Å². The summed E-state index contributed by atoms with van der Waals surface area (Å²) in [4.78, 5) is 13.0. The summed E-state index contributed by atoms with van der Waals surface area (Å²) in [6.45, 7) is 5.87. The highest BCUT2D eigenvalue weighted by atomic mass is 35.5. The first-order valence-electron chi connectivity index (χ1n) is 10.8. The molecule has 0 bridgehead atoms. The Labute approximate surface area is 208 Å². The molecular weight excluding hydrogens is 468 g/mol.